The minimum absolute atomic E-state index is 0.151. The lowest BCUT2D eigenvalue weighted by molar-refractivity contribution is -0.135. The van der Waals surface area contributed by atoms with E-state index >= 15 is 0 Å². The Balaban J connectivity index is 1.28. The van der Waals surface area contributed by atoms with Crippen molar-refractivity contribution in [1.29, 1.82) is 0 Å². The van der Waals surface area contributed by atoms with E-state index in [2.05, 4.69) is 25.4 Å². The monoisotopic (exact) mass is 482 g/mol. The van der Waals surface area contributed by atoms with Crippen LogP contribution >= 0.6 is 0 Å². The third-order valence-electron chi connectivity index (χ3n) is 6.00. The molecule has 0 saturated carbocycles. The Hall–Kier alpha value is -4.93. The van der Waals surface area contributed by atoms with Crippen LogP contribution in [0.4, 0.5) is 0 Å². The Labute approximate surface area is 202 Å². The highest BCUT2D eigenvalue weighted by atomic mass is 16.5. The van der Waals surface area contributed by atoms with Gasteiger partial charge in [0.2, 0.25) is 23.5 Å². The molecule has 1 N–H and O–H groups in total. The van der Waals surface area contributed by atoms with Crippen LogP contribution in [0.15, 0.2) is 74.8 Å². The summed E-state index contributed by atoms with van der Waals surface area (Å²) in [5.74, 6) is -0.716. The number of fused-ring (bicyclic) bond motifs is 1. The molecule has 2 amide bonds. The van der Waals surface area contributed by atoms with Gasteiger partial charge in [0.15, 0.2) is 5.58 Å². The predicted molar refractivity (Wildman–Crippen MR) is 125 cm³/mol. The van der Waals surface area contributed by atoms with Gasteiger partial charge in [0.1, 0.15) is 6.04 Å². The van der Waals surface area contributed by atoms with E-state index < -0.39 is 17.7 Å². The van der Waals surface area contributed by atoms with Crippen LogP contribution in [0.3, 0.4) is 0 Å². The molecule has 36 heavy (non-hydrogen) atoms. The molecule has 1 atom stereocenters. The van der Waals surface area contributed by atoms with Crippen LogP contribution in [0.1, 0.15) is 30.3 Å². The standard InChI is InChI=1S/C25H18N6O5/c32-21-7-5-18(24(33)28-21)31-19-10-14(4-6-20(19)35-25(31)34)11-22-29-23(30-36-22)16-3-1-2-15(12-16)17-13-26-8-9-27-17/h1-4,6,8-10,12-13,18H,5,7,11H2,(H,28,32,33). The molecule has 11 nitrogen and oxygen atoms in total. The highest BCUT2D eigenvalue weighted by Gasteiger charge is 2.31. The first-order valence-electron chi connectivity index (χ1n) is 11.2. The van der Waals surface area contributed by atoms with E-state index in [0.717, 1.165) is 22.4 Å². The van der Waals surface area contributed by atoms with Crippen LogP contribution in [-0.2, 0) is 16.0 Å². The maximum absolute atomic E-state index is 12.5. The van der Waals surface area contributed by atoms with Crippen LogP contribution in [0.5, 0.6) is 0 Å². The summed E-state index contributed by atoms with van der Waals surface area (Å²) >= 11 is 0. The van der Waals surface area contributed by atoms with Gasteiger partial charge in [-0.05, 0) is 30.2 Å². The molecule has 1 saturated heterocycles. The first kappa shape index (κ1) is 21.6. The summed E-state index contributed by atoms with van der Waals surface area (Å²) in [6, 6.07) is 12.0. The number of hydrogen-bond donors (Lipinski definition) is 1. The van der Waals surface area contributed by atoms with E-state index in [1.54, 1.807) is 36.8 Å². The fourth-order valence-corrected chi connectivity index (χ4v) is 4.30. The number of aromatic nitrogens is 5. The van der Waals surface area contributed by atoms with Crippen molar-refractivity contribution in [3.63, 3.8) is 0 Å². The minimum Gasteiger partial charge on any atom is -0.408 e. The predicted octanol–water partition coefficient (Wildman–Crippen LogP) is 2.67. The smallest absolute Gasteiger partial charge is 0.408 e. The van der Waals surface area contributed by atoms with Crippen molar-refractivity contribution in [1.82, 2.24) is 30.0 Å². The molecule has 3 aromatic heterocycles. The maximum atomic E-state index is 12.5. The number of carbonyl (C=O) groups excluding carboxylic acids is 2. The summed E-state index contributed by atoms with van der Waals surface area (Å²) in [5, 5.41) is 6.39. The summed E-state index contributed by atoms with van der Waals surface area (Å²) in [6.07, 6.45) is 5.61. The number of nitrogens with zero attached hydrogens (tertiary/aromatic N) is 5. The summed E-state index contributed by atoms with van der Waals surface area (Å²) in [4.78, 5) is 49.3. The van der Waals surface area contributed by atoms with Crippen molar-refractivity contribution in [2.75, 3.05) is 0 Å². The SMILES string of the molecule is O=C1CCC(n2c(=O)oc3ccc(Cc4nc(-c5cccc(-c6cnccn6)c5)no4)cc32)C(=O)N1. The van der Waals surface area contributed by atoms with Gasteiger partial charge in [-0.1, -0.05) is 29.4 Å². The summed E-state index contributed by atoms with van der Waals surface area (Å²) in [6.45, 7) is 0. The molecular formula is C25H18N6O5. The van der Waals surface area contributed by atoms with Gasteiger partial charge in [-0.25, -0.2) is 4.79 Å². The van der Waals surface area contributed by atoms with Crippen molar-refractivity contribution in [2.45, 2.75) is 25.3 Å². The van der Waals surface area contributed by atoms with Crippen LogP contribution < -0.4 is 11.1 Å². The topological polar surface area (TPSA) is 146 Å². The van der Waals surface area contributed by atoms with Crippen molar-refractivity contribution in [3.8, 4) is 22.6 Å². The van der Waals surface area contributed by atoms with Crippen LogP contribution in [0.25, 0.3) is 33.7 Å². The first-order chi connectivity index (χ1) is 17.5. The van der Waals surface area contributed by atoms with Crippen LogP contribution in [0.2, 0.25) is 0 Å². The van der Waals surface area contributed by atoms with E-state index in [1.165, 1.54) is 4.57 Å². The van der Waals surface area contributed by atoms with Crippen LogP contribution in [0, 0.1) is 0 Å². The van der Waals surface area contributed by atoms with Crippen molar-refractivity contribution < 1.29 is 18.5 Å². The first-order valence-corrected chi connectivity index (χ1v) is 11.2. The van der Waals surface area contributed by atoms with E-state index in [9.17, 15) is 14.4 Å². The molecule has 1 aliphatic heterocycles. The molecule has 6 rings (SSSR count). The Morgan fingerprint density at radius 1 is 1.06 bits per heavy atom. The van der Waals surface area contributed by atoms with Gasteiger partial charge >= 0.3 is 5.76 Å². The molecule has 0 spiro atoms. The van der Waals surface area contributed by atoms with Gasteiger partial charge in [0, 0.05) is 29.9 Å². The Bertz CT molecular complexity index is 1670. The minimum atomic E-state index is -0.816. The molecule has 5 aromatic rings. The number of rotatable bonds is 5. The number of piperidine rings is 1. The molecule has 178 valence electrons. The molecule has 1 fully saturated rings. The van der Waals surface area contributed by atoms with Gasteiger partial charge in [-0.2, -0.15) is 4.98 Å². The lowest BCUT2D eigenvalue weighted by atomic mass is 10.1. The maximum Gasteiger partial charge on any atom is 0.420 e. The third-order valence-corrected chi connectivity index (χ3v) is 6.00. The highest BCUT2D eigenvalue weighted by Crippen LogP contribution is 2.26. The summed E-state index contributed by atoms with van der Waals surface area (Å²) in [7, 11) is 0. The fraction of sp³-hybridized carbons (Fsp3) is 0.160. The largest absolute Gasteiger partial charge is 0.420 e. The number of nitrogens with one attached hydrogen (secondary N) is 1. The molecule has 0 aliphatic carbocycles. The van der Waals surface area contributed by atoms with E-state index in [1.807, 2.05) is 24.3 Å². The molecule has 0 radical (unpaired) electrons. The lowest BCUT2D eigenvalue weighted by Crippen LogP contribution is -2.43. The van der Waals surface area contributed by atoms with Gasteiger partial charge in [-0.15, -0.1) is 0 Å². The Kier molecular flexibility index (Phi) is 5.21. The van der Waals surface area contributed by atoms with Gasteiger partial charge in [0.25, 0.3) is 0 Å². The summed E-state index contributed by atoms with van der Waals surface area (Å²) < 4.78 is 12.1. The zero-order chi connectivity index (χ0) is 24.6. The highest BCUT2D eigenvalue weighted by molar-refractivity contribution is 6.00. The Morgan fingerprint density at radius 2 is 1.94 bits per heavy atom. The van der Waals surface area contributed by atoms with Gasteiger partial charge in [-0.3, -0.25) is 29.4 Å². The lowest BCUT2D eigenvalue weighted by Gasteiger charge is -2.21. The third kappa shape index (κ3) is 3.96. The zero-order valence-electron chi connectivity index (χ0n) is 18.7. The second kappa shape index (κ2) is 8.69. The van der Waals surface area contributed by atoms with E-state index in [-0.39, 0.29) is 18.7 Å². The average molecular weight is 482 g/mol. The van der Waals surface area contributed by atoms with E-state index in [4.69, 9.17) is 8.94 Å². The van der Waals surface area contributed by atoms with Gasteiger partial charge in [0.05, 0.1) is 23.8 Å². The molecular weight excluding hydrogens is 464 g/mol. The normalized spacial score (nSPS) is 15.8. The number of oxazole rings is 1. The second-order valence-corrected chi connectivity index (χ2v) is 8.37. The molecule has 1 aliphatic rings. The van der Waals surface area contributed by atoms with Crippen molar-refractivity contribution in [2.24, 2.45) is 0 Å². The fourth-order valence-electron chi connectivity index (χ4n) is 4.30. The molecule has 0 bridgehead atoms. The number of benzene rings is 2. The second-order valence-electron chi connectivity index (χ2n) is 8.37. The molecule has 1 unspecified atom stereocenters. The number of carbonyl (C=O) groups is 2. The van der Waals surface area contributed by atoms with Crippen molar-refractivity contribution >= 4 is 22.9 Å². The van der Waals surface area contributed by atoms with Crippen LogP contribution in [-0.4, -0.2) is 36.5 Å². The number of amides is 2. The van der Waals surface area contributed by atoms with Crippen molar-refractivity contribution in [3.05, 3.63) is 83.1 Å². The Morgan fingerprint density at radius 3 is 2.78 bits per heavy atom. The zero-order valence-corrected chi connectivity index (χ0v) is 18.7. The summed E-state index contributed by atoms with van der Waals surface area (Å²) in [5.41, 5.74) is 3.98. The molecule has 2 aromatic carbocycles. The molecule has 11 heteroatoms. The number of imide groups is 1. The average Bonchev–Trinajstić information content (AvgIpc) is 3.48. The quantitative estimate of drug-likeness (QED) is 0.374. The van der Waals surface area contributed by atoms with E-state index in [0.29, 0.717) is 29.2 Å². The molecule has 4 heterocycles. The van der Waals surface area contributed by atoms with Gasteiger partial charge < -0.3 is 8.94 Å². The number of hydrogen-bond acceptors (Lipinski definition) is 9.